The molecule has 3 amide bonds. The van der Waals surface area contributed by atoms with Crippen molar-refractivity contribution in [1.29, 1.82) is 0 Å². The van der Waals surface area contributed by atoms with Gasteiger partial charge in [0.05, 0.1) is 17.1 Å². The van der Waals surface area contributed by atoms with Crippen molar-refractivity contribution in [2.75, 3.05) is 23.7 Å². The zero-order valence-electron chi connectivity index (χ0n) is 20.8. The van der Waals surface area contributed by atoms with Crippen LogP contribution in [0.25, 0.3) is 16.9 Å². The maximum Gasteiger partial charge on any atom is 0.322 e. The van der Waals surface area contributed by atoms with E-state index in [9.17, 15) is 22.8 Å². The first-order valence-electron chi connectivity index (χ1n) is 11.9. The van der Waals surface area contributed by atoms with Gasteiger partial charge < -0.3 is 15.5 Å². The summed E-state index contributed by atoms with van der Waals surface area (Å²) in [6, 6.07) is 18.7. The predicted octanol–water partition coefficient (Wildman–Crippen LogP) is 6.09. The monoisotopic (exact) mass is 521 g/mol. The van der Waals surface area contributed by atoms with Crippen LogP contribution in [0.1, 0.15) is 13.8 Å². The maximum absolute atomic E-state index is 14.1. The number of halogens is 3. The van der Waals surface area contributed by atoms with E-state index in [1.165, 1.54) is 33.8 Å². The van der Waals surface area contributed by atoms with Crippen molar-refractivity contribution in [3.05, 3.63) is 96.3 Å². The number of nitrogens with zero attached hydrogens (tertiary/aromatic N) is 3. The summed E-state index contributed by atoms with van der Waals surface area (Å²) in [5, 5.41) is 9.75. The van der Waals surface area contributed by atoms with Crippen molar-refractivity contribution >= 4 is 23.4 Å². The number of benzene rings is 3. The van der Waals surface area contributed by atoms with Gasteiger partial charge in [0.2, 0.25) is 5.91 Å². The lowest BCUT2D eigenvalue weighted by Crippen LogP contribution is -2.42. The fraction of sp³-hybridized carbons (Fsp3) is 0.179. The Balaban J connectivity index is 1.57. The summed E-state index contributed by atoms with van der Waals surface area (Å²) in [4.78, 5) is 27.2. The van der Waals surface area contributed by atoms with E-state index in [1.54, 1.807) is 6.07 Å². The Morgan fingerprint density at radius 1 is 0.895 bits per heavy atom. The number of aromatic nitrogens is 2. The van der Waals surface area contributed by atoms with Gasteiger partial charge in [0, 0.05) is 24.2 Å². The third-order valence-electron chi connectivity index (χ3n) is 5.50. The molecule has 0 aliphatic rings. The Hall–Kier alpha value is -4.60. The molecule has 0 unspecified atom stereocenters. The molecule has 4 aromatic rings. The smallest absolute Gasteiger partial charge is 0.315 e. The van der Waals surface area contributed by atoms with Crippen molar-refractivity contribution in [2.45, 2.75) is 13.8 Å². The summed E-state index contributed by atoms with van der Waals surface area (Å²) in [6.07, 6.45) is 0. The number of urea groups is 1. The zero-order chi connectivity index (χ0) is 27.2. The van der Waals surface area contributed by atoms with Crippen LogP contribution in [0.2, 0.25) is 0 Å². The second-order valence-corrected chi connectivity index (χ2v) is 9.05. The van der Waals surface area contributed by atoms with Crippen LogP contribution in [-0.4, -0.2) is 39.7 Å². The Kier molecular flexibility index (Phi) is 8.10. The van der Waals surface area contributed by atoms with Crippen LogP contribution < -0.4 is 10.6 Å². The van der Waals surface area contributed by atoms with Crippen LogP contribution in [0.15, 0.2) is 78.9 Å². The fourth-order valence-corrected chi connectivity index (χ4v) is 3.80. The Labute approximate surface area is 217 Å². The van der Waals surface area contributed by atoms with Gasteiger partial charge in [0.1, 0.15) is 29.8 Å². The van der Waals surface area contributed by atoms with Crippen LogP contribution >= 0.6 is 0 Å². The molecule has 1 aromatic heterocycles. The highest BCUT2D eigenvalue weighted by atomic mass is 19.1. The van der Waals surface area contributed by atoms with Crippen LogP contribution in [0.3, 0.4) is 0 Å². The highest BCUT2D eigenvalue weighted by Gasteiger charge is 2.21. The highest BCUT2D eigenvalue weighted by molar-refractivity contribution is 5.97. The van der Waals surface area contributed by atoms with Gasteiger partial charge in [-0.3, -0.25) is 4.79 Å². The molecule has 7 nitrogen and oxygen atoms in total. The third-order valence-corrected chi connectivity index (χ3v) is 5.50. The number of amides is 3. The molecule has 0 bridgehead atoms. The molecular formula is C28H26F3N5O2. The van der Waals surface area contributed by atoms with Gasteiger partial charge in [0.15, 0.2) is 0 Å². The van der Waals surface area contributed by atoms with E-state index in [0.717, 1.165) is 17.7 Å². The number of carbonyl (C=O) groups excluding carboxylic acids is 2. The molecule has 1 heterocycles. The molecule has 0 atom stereocenters. The van der Waals surface area contributed by atoms with E-state index >= 15 is 0 Å². The summed E-state index contributed by atoms with van der Waals surface area (Å²) in [5.74, 6) is -2.32. The topological polar surface area (TPSA) is 79.3 Å². The van der Waals surface area contributed by atoms with Gasteiger partial charge in [0.25, 0.3) is 0 Å². The molecule has 0 radical (unpaired) electrons. The summed E-state index contributed by atoms with van der Waals surface area (Å²) in [7, 11) is 0. The van der Waals surface area contributed by atoms with Gasteiger partial charge >= 0.3 is 6.03 Å². The average Bonchev–Trinajstić information content (AvgIpc) is 3.29. The van der Waals surface area contributed by atoms with E-state index in [0.29, 0.717) is 23.3 Å². The first-order valence-corrected chi connectivity index (χ1v) is 11.9. The van der Waals surface area contributed by atoms with Crippen LogP contribution in [0.5, 0.6) is 0 Å². The molecular weight excluding hydrogens is 495 g/mol. The number of hydrogen-bond donors (Lipinski definition) is 2. The summed E-state index contributed by atoms with van der Waals surface area (Å²) >= 11 is 0. The number of hydrogen-bond acceptors (Lipinski definition) is 3. The Morgan fingerprint density at radius 2 is 1.58 bits per heavy atom. The minimum absolute atomic E-state index is 0.000964. The van der Waals surface area contributed by atoms with Gasteiger partial charge in [-0.05, 0) is 42.3 Å². The number of anilines is 2. The standard InChI is InChI=1S/C28H26F3N5O2/c1-18(2)16-35(28(38)32-24-13-10-21(30)14-23(24)31)17-27(37)33-26-15-25(19-6-4-3-5-7-19)34-36(26)22-11-8-20(29)9-12-22/h3-15,18H,16-17H2,1-2H3,(H,32,38)(H,33,37). The molecule has 0 saturated heterocycles. The van der Waals surface area contributed by atoms with E-state index in [2.05, 4.69) is 15.7 Å². The zero-order valence-corrected chi connectivity index (χ0v) is 20.8. The predicted molar refractivity (Wildman–Crippen MR) is 139 cm³/mol. The van der Waals surface area contributed by atoms with Crippen LogP contribution in [0.4, 0.5) is 29.5 Å². The SMILES string of the molecule is CC(C)CN(CC(=O)Nc1cc(-c2ccccc2)nn1-c1ccc(F)cc1)C(=O)Nc1ccc(F)cc1F. The minimum Gasteiger partial charge on any atom is -0.315 e. The van der Waals surface area contributed by atoms with Crippen LogP contribution in [0, 0.1) is 23.4 Å². The van der Waals surface area contributed by atoms with Gasteiger partial charge in [-0.25, -0.2) is 22.6 Å². The largest absolute Gasteiger partial charge is 0.322 e. The van der Waals surface area contributed by atoms with Crippen molar-refractivity contribution in [1.82, 2.24) is 14.7 Å². The fourth-order valence-electron chi connectivity index (χ4n) is 3.80. The quantitative estimate of drug-likeness (QED) is 0.295. The van der Waals surface area contributed by atoms with Crippen LogP contribution in [-0.2, 0) is 4.79 Å². The number of nitrogens with one attached hydrogen (secondary N) is 2. The molecule has 0 aliphatic carbocycles. The molecule has 3 aromatic carbocycles. The molecule has 38 heavy (non-hydrogen) atoms. The molecule has 196 valence electrons. The summed E-state index contributed by atoms with van der Waals surface area (Å²) in [6.45, 7) is 3.59. The second-order valence-electron chi connectivity index (χ2n) is 9.05. The lowest BCUT2D eigenvalue weighted by Gasteiger charge is -2.24. The maximum atomic E-state index is 14.1. The van der Waals surface area contributed by atoms with Crippen molar-refractivity contribution in [2.24, 2.45) is 5.92 Å². The normalized spacial score (nSPS) is 10.9. The molecule has 0 spiro atoms. The minimum atomic E-state index is -0.927. The second kappa shape index (κ2) is 11.6. The first-order chi connectivity index (χ1) is 18.2. The van der Waals surface area contributed by atoms with Crippen molar-refractivity contribution in [3.63, 3.8) is 0 Å². The summed E-state index contributed by atoms with van der Waals surface area (Å²) < 4.78 is 42.3. The molecule has 10 heteroatoms. The molecule has 0 aliphatic heterocycles. The third kappa shape index (κ3) is 6.58. The number of carbonyl (C=O) groups is 2. The van der Waals surface area contributed by atoms with E-state index in [4.69, 9.17) is 0 Å². The highest BCUT2D eigenvalue weighted by Crippen LogP contribution is 2.25. The van der Waals surface area contributed by atoms with Crippen molar-refractivity contribution < 1.29 is 22.8 Å². The Bertz CT molecular complexity index is 1420. The van der Waals surface area contributed by atoms with E-state index < -0.39 is 29.4 Å². The van der Waals surface area contributed by atoms with Crippen molar-refractivity contribution in [3.8, 4) is 16.9 Å². The first kappa shape index (κ1) is 26.5. The van der Waals surface area contributed by atoms with E-state index in [-0.39, 0.29) is 24.7 Å². The molecule has 2 N–H and O–H groups in total. The average molecular weight is 522 g/mol. The number of rotatable bonds is 8. The van der Waals surface area contributed by atoms with Gasteiger partial charge in [-0.15, -0.1) is 0 Å². The lowest BCUT2D eigenvalue weighted by atomic mass is 10.1. The molecule has 0 saturated carbocycles. The summed E-state index contributed by atoms with van der Waals surface area (Å²) in [5.41, 5.74) is 1.71. The van der Waals surface area contributed by atoms with Gasteiger partial charge in [-0.1, -0.05) is 44.2 Å². The molecule has 4 rings (SSSR count). The lowest BCUT2D eigenvalue weighted by molar-refractivity contribution is -0.116. The molecule has 0 fully saturated rings. The van der Waals surface area contributed by atoms with Gasteiger partial charge in [-0.2, -0.15) is 5.10 Å². The van der Waals surface area contributed by atoms with E-state index in [1.807, 2.05) is 44.2 Å². The Morgan fingerprint density at radius 3 is 2.24 bits per heavy atom.